The molecule has 22 heavy (non-hydrogen) atoms. The fourth-order valence-corrected chi connectivity index (χ4v) is 1.92. The minimum absolute atomic E-state index is 0.191. The van der Waals surface area contributed by atoms with Gasteiger partial charge >= 0.3 is 0 Å². The lowest BCUT2D eigenvalue weighted by atomic mass is 10.2. The molecule has 0 spiro atoms. The highest BCUT2D eigenvalue weighted by Crippen LogP contribution is 2.29. The Kier molecular flexibility index (Phi) is 5.99. The maximum atomic E-state index is 5.84. The molecule has 0 aliphatic heterocycles. The molecule has 0 aliphatic rings. The lowest BCUT2D eigenvalue weighted by Gasteiger charge is -2.11. The van der Waals surface area contributed by atoms with Gasteiger partial charge in [0.2, 0.25) is 0 Å². The Labute approximate surface area is 140 Å². The molecule has 0 aromatic heterocycles. The molecule has 0 N–H and O–H groups in total. The van der Waals surface area contributed by atoms with Crippen molar-refractivity contribution in [3.8, 4) is 23.0 Å². The second-order valence-electron chi connectivity index (χ2n) is 4.51. The second-order valence-corrected chi connectivity index (χ2v) is 5.52. The Hall–Kier alpha value is -1.84. The van der Waals surface area contributed by atoms with Gasteiger partial charge in [-0.1, -0.05) is 23.2 Å². The van der Waals surface area contributed by atoms with E-state index in [0.29, 0.717) is 6.61 Å². The number of aryl methyl sites for hydroxylation is 1. The van der Waals surface area contributed by atoms with Crippen LogP contribution in [0.4, 0.5) is 0 Å². The van der Waals surface area contributed by atoms with Crippen molar-refractivity contribution in [2.24, 2.45) is 0 Å². The quantitative estimate of drug-likeness (QED) is 0.696. The number of halogens is 2. The second kappa shape index (κ2) is 7.97. The van der Waals surface area contributed by atoms with Crippen molar-refractivity contribution in [1.29, 1.82) is 0 Å². The van der Waals surface area contributed by atoms with Gasteiger partial charge in [-0.25, -0.2) is 0 Å². The molecule has 0 heterocycles. The molecular weight excluding hydrogens is 323 g/mol. The lowest BCUT2D eigenvalue weighted by molar-refractivity contribution is 0.361. The molecule has 0 unspecified atom stereocenters. The highest BCUT2D eigenvalue weighted by Gasteiger charge is 2.04. The highest BCUT2D eigenvalue weighted by atomic mass is 35.5. The van der Waals surface area contributed by atoms with Gasteiger partial charge < -0.3 is 14.2 Å². The molecule has 0 radical (unpaired) electrons. The van der Waals surface area contributed by atoms with Crippen molar-refractivity contribution in [2.75, 3.05) is 13.7 Å². The summed E-state index contributed by atoms with van der Waals surface area (Å²) >= 11 is 11.1. The molecule has 0 saturated carbocycles. The third-order valence-corrected chi connectivity index (χ3v) is 3.23. The van der Waals surface area contributed by atoms with Gasteiger partial charge in [0.15, 0.2) is 0 Å². The molecular formula is C17H16Cl2O3. The van der Waals surface area contributed by atoms with E-state index in [2.05, 4.69) is 0 Å². The molecule has 0 fully saturated rings. The van der Waals surface area contributed by atoms with E-state index in [9.17, 15) is 0 Å². The molecule has 2 aromatic carbocycles. The first-order valence-corrected chi connectivity index (χ1v) is 7.40. The Bertz CT molecular complexity index is 647. The van der Waals surface area contributed by atoms with Gasteiger partial charge in [-0.2, -0.15) is 0 Å². The van der Waals surface area contributed by atoms with Crippen LogP contribution in [-0.2, 0) is 0 Å². The van der Waals surface area contributed by atoms with Crippen LogP contribution in [0, 0.1) is 6.92 Å². The first-order chi connectivity index (χ1) is 10.6. The zero-order valence-corrected chi connectivity index (χ0v) is 13.8. The molecule has 3 nitrogen and oxygen atoms in total. The number of benzene rings is 2. The molecule has 2 rings (SSSR count). The average Bonchev–Trinajstić information content (AvgIpc) is 2.50. The molecule has 5 heteroatoms. The number of methoxy groups -OCH3 is 1. The summed E-state index contributed by atoms with van der Waals surface area (Å²) in [6.07, 6.45) is 1.58. The van der Waals surface area contributed by atoms with E-state index in [4.69, 9.17) is 37.4 Å². The Morgan fingerprint density at radius 1 is 1.00 bits per heavy atom. The topological polar surface area (TPSA) is 27.7 Å². The summed E-state index contributed by atoms with van der Waals surface area (Å²) in [7, 11) is 1.63. The third-order valence-electron chi connectivity index (χ3n) is 2.92. The smallest absolute Gasteiger partial charge is 0.130 e. The van der Waals surface area contributed by atoms with Crippen molar-refractivity contribution >= 4 is 23.2 Å². The molecule has 0 amide bonds. The van der Waals surface area contributed by atoms with E-state index in [-0.39, 0.29) is 4.49 Å². The van der Waals surface area contributed by atoms with Crippen LogP contribution < -0.4 is 14.2 Å². The SMILES string of the molecule is COc1ccc(Oc2ccc(OCC=C(Cl)Cl)cc2C)cc1. The summed E-state index contributed by atoms with van der Waals surface area (Å²) in [5.74, 6) is 3.03. The predicted octanol–water partition coefficient (Wildman–Crippen LogP) is 5.49. The minimum Gasteiger partial charge on any atom is -0.497 e. The van der Waals surface area contributed by atoms with Crippen LogP contribution in [0.5, 0.6) is 23.0 Å². The van der Waals surface area contributed by atoms with Crippen LogP contribution in [0.25, 0.3) is 0 Å². The Morgan fingerprint density at radius 2 is 1.64 bits per heavy atom. The summed E-state index contributed by atoms with van der Waals surface area (Å²) < 4.78 is 16.7. The van der Waals surface area contributed by atoms with Gasteiger partial charge in [0, 0.05) is 0 Å². The number of ether oxygens (including phenoxy) is 3. The molecule has 0 atom stereocenters. The van der Waals surface area contributed by atoms with Crippen LogP contribution in [0.15, 0.2) is 53.0 Å². The fraction of sp³-hybridized carbons (Fsp3) is 0.176. The van der Waals surface area contributed by atoms with E-state index in [0.717, 1.165) is 28.6 Å². The van der Waals surface area contributed by atoms with Crippen molar-refractivity contribution in [3.05, 3.63) is 58.6 Å². The van der Waals surface area contributed by atoms with Gasteiger partial charge in [-0.15, -0.1) is 0 Å². The predicted molar refractivity (Wildman–Crippen MR) is 89.5 cm³/mol. The number of rotatable bonds is 6. The standard InChI is InChI=1S/C17H16Cl2O3/c1-12-11-15(21-10-9-17(18)19)7-8-16(12)22-14-5-3-13(20-2)4-6-14/h3-9,11H,10H2,1-2H3. The number of hydrogen-bond acceptors (Lipinski definition) is 3. The fourth-order valence-electron chi connectivity index (χ4n) is 1.80. The first-order valence-electron chi connectivity index (χ1n) is 6.65. The van der Waals surface area contributed by atoms with Crippen molar-refractivity contribution in [1.82, 2.24) is 0 Å². The third kappa shape index (κ3) is 4.86. The largest absolute Gasteiger partial charge is 0.497 e. The highest BCUT2D eigenvalue weighted by molar-refractivity contribution is 6.55. The first kappa shape index (κ1) is 16.5. The molecule has 0 aliphatic carbocycles. The monoisotopic (exact) mass is 338 g/mol. The maximum absolute atomic E-state index is 5.84. The van der Waals surface area contributed by atoms with Crippen molar-refractivity contribution in [2.45, 2.75) is 6.92 Å². The molecule has 2 aromatic rings. The van der Waals surface area contributed by atoms with Crippen molar-refractivity contribution < 1.29 is 14.2 Å². The molecule has 0 saturated heterocycles. The van der Waals surface area contributed by atoms with E-state index in [1.165, 1.54) is 0 Å². The average molecular weight is 339 g/mol. The zero-order valence-electron chi connectivity index (χ0n) is 12.3. The summed E-state index contributed by atoms with van der Waals surface area (Å²) in [5, 5.41) is 0. The Morgan fingerprint density at radius 3 is 2.23 bits per heavy atom. The molecule has 0 bridgehead atoms. The van der Waals surface area contributed by atoms with Crippen LogP contribution in [0.2, 0.25) is 0 Å². The lowest BCUT2D eigenvalue weighted by Crippen LogP contribution is -1.95. The van der Waals surface area contributed by atoms with E-state index in [1.54, 1.807) is 13.2 Å². The minimum atomic E-state index is 0.191. The van der Waals surface area contributed by atoms with E-state index >= 15 is 0 Å². The summed E-state index contributed by atoms with van der Waals surface area (Å²) in [5.41, 5.74) is 0.967. The van der Waals surface area contributed by atoms with Gasteiger partial charge in [0.1, 0.15) is 34.1 Å². The van der Waals surface area contributed by atoms with Crippen LogP contribution in [-0.4, -0.2) is 13.7 Å². The van der Waals surface area contributed by atoms with Gasteiger partial charge in [0.25, 0.3) is 0 Å². The van der Waals surface area contributed by atoms with Crippen molar-refractivity contribution in [3.63, 3.8) is 0 Å². The van der Waals surface area contributed by atoms with E-state index < -0.39 is 0 Å². The Balaban J connectivity index is 2.04. The van der Waals surface area contributed by atoms with Crippen LogP contribution in [0.1, 0.15) is 5.56 Å². The zero-order chi connectivity index (χ0) is 15.9. The summed E-state index contributed by atoms with van der Waals surface area (Å²) in [6.45, 7) is 2.27. The summed E-state index contributed by atoms with van der Waals surface area (Å²) in [4.78, 5) is 0. The van der Waals surface area contributed by atoms with Gasteiger partial charge in [-0.05, 0) is 61.0 Å². The molecule has 116 valence electrons. The number of hydrogen-bond donors (Lipinski definition) is 0. The van der Waals surface area contributed by atoms with E-state index in [1.807, 2.05) is 49.4 Å². The van der Waals surface area contributed by atoms with Gasteiger partial charge in [-0.3, -0.25) is 0 Å². The van der Waals surface area contributed by atoms with Crippen LogP contribution in [0.3, 0.4) is 0 Å². The summed E-state index contributed by atoms with van der Waals surface area (Å²) in [6, 6.07) is 13.0. The van der Waals surface area contributed by atoms with Crippen LogP contribution >= 0.6 is 23.2 Å². The maximum Gasteiger partial charge on any atom is 0.130 e. The normalized spacial score (nSPS) is 10.0. The van der Waals surface area contributed by atoms with Gasteiger partial charge in [0.05, 0.1) is 7.11 Å².